The molecule has 3 heterocycles. The lowest BCUT2D eigenvalue weighted by Gasteiger charge is -2.03. The summed E-state index contributed by atoms with van der Waals surface area (Å²) in [5.41, 5.74) is 8.63. The second kappa shape index (κ2) is 5.18. The second-order valence-corrected chi connectivity index (χ2v) is 6.19. The van der Waals surface area contributed by atoms with E-state index in [4.69, 9.17) is 5.73 Å². The van der Waals surface area contributed by atoms with Crippen molar-refractivity contribution in [2.75, 3.05) is 11.1 Å². The number of rotatable bonds is 3. The van der Waals surface area contributed by atoms with Crippen LogP contribution in [0.3, 0.4) is 0 Å². The lowest BCUT2D eigenvalue weighted by Crippen LogP contribution is -1.95. The lowest BCUT2D eigenvalue weighted by atomic mass is 10.3. The van der Waals surface area contributed by atoms with Crippen LogP contribution < -0.4 is 11.1 Å². The number of nitrogen functional groups attached to an aromatic ring is 1. The molecule has 0 unspecified atom stereocenters. The quantitative estimate of drug-likeness (QED) is 0.773. The average molecular weight is 303 g/mol. The monoisotopic (exact) mass is 303 g/mol. The number of thiazole rings is 2. The predicted molar refractivity (Wildman–Crippen MR) is 84.6 cm³/mol. The number of hydrogen-bond donors (Lipinski definition) is 2. The molecule has 3 aromatic rings. The van der Waals surface area contributed by atoms with Gasteiger partial charge in [0.05, 0.1) is 16.3 Å². The predicted octanol–water partition coefficient (Wildman–Crippen LogP) is 3.60. The maximum atomic E-state index is 5.72. The first-order chi connectivity index (χ1) is 9.63. The topological polar surface area (TPSA) is 76.7 Å². The van der Waals surface area contributed by atoms with Crippen LogP contribution in [0.4, 0.5) is 16.1 Å². The van der Waals surface area contributed by atoms with E-state index in [0.717, 1.165) is 32.8 Å². The highest BCUT2D eigenvalue weighted by Gasteiger charge is 2.12. The van der Waals surface area contributed by atoms with E-state index in [1.807, 2.05) is 31.4 Å². The van der Waals surface area contributed by atoms with Gasteiger partial charge in [-0.3, -0.25) is 0 Å². The maximum absolute atomic E-state index is 5.72. The number of nitrogens with zero attached hydrogens (tertiary/aromatic N) is 3. The highest BCUT2D eigenvalue weighted by molar-refractivity contribution is 7.19. The van der Waals surface area contributed by atoms with Gasteiger partial charge in [-0.05, 0) is 25.5 Å². The van der Waals surface area contributed by atoms with Crippen molar-refractivity contribution in [1.29, 1.82) is 0 Å². The van der Waals surface area contributed by atoms with Gasteiger partial charge in [-0.2, -0.15) is 0 Å². The minimum atomic E-state index is 0.570. The summed E-state index contributed by atoms with van der Waals surface area (Å²) < 4.78 is 0. The Morgan fingerprint density at radius 3 is 2.80 bits per heavy atom. The summed E-state index contributed by atoms with van der Waals surface area (Å²) in [6, 6.07) is 3.93. The fourth-order valence-corrected chi connectivity index (χ4v) is 3.38. The zero-order chi connectivity index (χ0) is 14.1. The van der Waals surface area contributed by atoms with E-state index in [1.54, 1.807) is 17.5 Å². The summed E-state index contributed by atoms with van der Waals surface area (Å²) >= 11 is 3.00. The largest absolute Gasteiger partial charge is 0.375 e. The van der Waals surface area contributed by atoms with Crippen molar-refractivity contribution in [3.05, 3.63) is 35.0 Å². The molecule has 102 valence electrons. The molecule has 3 N–H and O–H groups in total. The maximum Gasteiger partial charge on any atom is 0.188 e. The first-order valence-electron chi connectivity index (χ1n) is 6.01. The van der Waals surface area contributed by atoms with E-state index in [0.29, 0.717) is 5.13 Å². The molecular weight excluding hydrogens is 290 g/mol. The van der Waals surface area contributed by atoms with E-state index in [2.05, 4.69) is 20.3 Å². The SMILES string of the molecule is Cc1cccnc1Nc1nc(-c2sc(N)nc2C)cs1. The summed E-state index contributed by atoms with van der Waals surface area (Å²) in [4.78, 5) is 14.1. The molecular formula is C13H13N5S2. The zero-order valence-corrected chi connectivity index (χ0v) is 12.7. The molecule has 3 rings (SSSR count). The number of aryl methyl sites for hydroxylation is 2. The van der Waals surface area contributed by atoms with Crippen molar-refractivity contribution in [3.8, 4) is 10.6 Å². The van der Waals surface area contributed by atoms with Gasteiger partial charge in [0.1, 0.15) is 5.82 Å². The number of pyridine rings is 1. The number of anilines is 3. The Balaban J connectivity index is 1.88. The van der Waals surface area contributed by atoms with Gasteiger partial charge in [0.25, 0.3) is 0 Å². The Labute approximate surface area is 124 Å². The van der Waals surface area contributed by atoms with Crippen molar-refractivity contribution in [1.82, 2.24) is 15.0 Å². The van der Waals surface area contributed by atoms with Gasteiger partial charge in [0, 0.05) is 11.6 Å². The van der Waals surface area contributed by atoms with Crippen molar-refractivity contribution >= 4 is 38.8 Å². The van der Waals surface area contributed by atoms with Crippen molar-refractivity contribution in [2.45, 2.75) is 13.8 Å². The third kappa shape index (κ3) is 2.50. The molecule has 0 aliphatic heterocycles. The Kier molecular flexibility index (Phi) is 3.37. The lowest BCUT2D eigenvalue weighted by molar-refractivity contribution is 1.24. The average Bonchev–Trinajstić information content (AvgIpc) is 2.99. The molecule has 0 fully saturated rings. The fraction of sp³-hybridized carbons (Fsp3) is 0.154. The molecule has 0 aromatic carbocycles. The number of nitrogens with two attached hydrogens (primary N) is 1. The van der Waals surface area contributed by atoms with Crippen LogP contribution in [0.15, 0.2) is 23.7 Å². The van der Waals surface area contributed by atoms with Crippen LogP contribution in [-0.2, 0) is 0 Å². The molecule has 20 heavy (non-hydrogen) atoms. The molecule has 0 saturated heterocycles. The van der Waals surface area contributed by atoms with E-state index in [-0.39, 0.29) is 0 Å². The van der Waals surface area contributed by atoms with Crippen LogP contribution >= 0.6 is 22.7 Å². The molecule has 0 atom stereocenters. The summed E-state index contributed by atoms with van der Waals surface area (Å²) in [6.45, 7) is 3.95. The van der Waals surface area contributed by atoms with Crippen LogP contribution in [-0.4, -0.2) is 15.0 Å². The van der Waals surface area contributed by atoms with E-state index in [9.17, 15) is 0 Å². The second-order valence-electron chi connectivity index (χ2n) is 4.30. The Hall–Kier alpha value is -1.99. The van der Waals surface area contributed by atoms with Crippen molar-refractivity contribution in [3.63, 3.8) is 0 Å². The van der Waals surface area contributed by atoms with Crippen LogP contribution in [0.1, 0.15) is 11.3 Å². The molecule has 0 amide bonds. The summed E-state index contributed by atoms with van der Waals surface area (Å²) in [6.07, 6.45) is 1.76. The van der Waals surface area contributed by atoms with E-state index < -0.39 is 0 Å². The minimum Gasteiger partial charge on any atom is -0.375 e. The smallest absolute Gasteiger partial charge is 0.188 e. The number of aromatic nitrogens is 3. The number of nitrogens with one attached hydrogen (secondary N) is 1. The first-order valence-corrected chi connectivity index (χ1v) is 7.70. The molecule has 0 saturated carbocycles. The molecule has 0 spiro atoms. The molecule has 0 aliphatic carbocycles. The summed E-state index contributed by atoms with van der Waals surface area (Å²) in [7, 11) is 0. The Bertz CT molecular complexity index is 747. The molecule has 7 heteroatoms. The fourth-order valence-electron chi connectivity index (χ4n) is 1.81. The third-order valence-corrected chi connectivity index (χ3v) is 4.55. The van der Waals surface area contributed by atoms with Gasteiger partial charge >= 0.3 is 0 Å². The molecule has 0 bridgehead atoms. The van der Waals surface area contributed by atoms with E-state index >= 15 is 0 Å². The Morgan fingerprint density at radius 2 is 2.10 bits per heavy atom. The van der Waals surface area contributed by atoms with E-state index in [1.165, 1.54) is 11.3 Å². The standard InChI is InChI=1S/C13H13N5S2/c1-7-4-3-5-15-11(7)18-13-17-9(6-19-13)10-8(2)16-12(14)20-10/h3-6H,1-2H3,(H2,14,16)(H,15,17,18). The van der Waals surface area contributed by atoms with Crippen molar-refractivity contribution < 1.29 is 0 Å². The van der Waals surface area contributed by atoms with Crippen LogP contribution in [0.2, 0.25) is 0 Å². The van der Waals surface area contributed by atoms with Crippen molar-refractivity contribution in [2.24, 2.45) is 0 Å². The van der Waals surface area contributed by atoms with Gasteiger partial charge < -0.3 is 11.1 Å². The zero-order valence-electron chi connectivity index (χ0n) is 11.0. The molecule has 5 nitrogen and oxygen atoms in total. The van der Waals surface area contributed by atoms with Crippen LogP contribution in [0, 0.1) is 13.8 Å². The highest BCUT2D eigenvalue weighted by atomic mass is 32.1. The first kappa shape index (κ1) is 13.0. The third-order valence-electron chi connectivity index (χ3n) is 2.78. The van der Waals surface area contributed by atoms with Gasteiger partial charge in [-0.15, -0.1) is 11.3 Å². The van der Waals surface area contributed by atoms with Gasteiger partial charge in [0.2, 0.25) is 0 Å². The highest BCUT2D eigenvalue weighted by Crippen LogP contribution is 2.34. The number of hydrogen-bond acceptors (Lipinski definition) is 7. The summed E-state index contributed by atoms with van der Waals surface area (Å²) in [5, 5.41) is 6.62. The summed E-state index contributed by atoms with van der Waals surface area (Å²) in [5.74, 6) is 0.828. The normalized spacial score (nSPS) is 10.7. The molecule has 0 radical (unpaired) electrons. The Morgan fingerprint density at radius 1 is 1.25 bits per heavy atom. The van der Waals surface area contributed by atoms with Crippen LogP contribution in [0.5, 0.6) is 0 Å². The van der Waals surface area contributed by atoms with Gasteiger partial charge in [-0.1, -0.05) is 17.4 Å². The molecule has 0 aliphatic rings. The van der Waals surface area contributed by atoms with Crippen LogP contribution in [0.25, 0.3) is 10.6 Å². The van der Waals surface area contributed by atoms with Gasteiger partial charge in [-0.25, -0.2) is 15.0 Å². The van der Waals surface area contributed by atoms with Gasteiger partial charge in [0.15, 0.2) is 10.3 Å². The minimum absolute atomic E-state index is 0.570. The molecule has 3 aromatic heterocycles.